The van der Waals surface area contributed by atoms with E-state index in [0.717, 1.165) is 56.1 Å². The Morgan fingerprint density at radius 2 is 0.833 bits per heavy atom. The predicted molar refractivity (Wildman–Crippen MR) is 191 cm³/mol. The van der Waals surface area contributed by atoms with Crippen LogP contribution in [0.15, 0.2) is 144 Å². The smallest absolute Gasteiger partial charge is 0.174 e. The van der Waals surface area contributed by atoms with E-state index in [1.54, 1.807) is 12.2 Å². The molecule has 2 fully saturated rings. The van der Waals surface area contributed by atoms with Crippen molar-refractivity contribution in [1.29, 1.82) is 0 Å². The van der Waals surface area contributed by atoms with Gasteiger partial charge in [0.15, 0.2) is 11.6 Å². The monoisotopic (exact) mass is 632 g/mol. The first-order valence-electron chi connectivity index (χ1n) is 16.7. The molecule has 0 amide bonds. The number of hydrogen-bond donors (Lipinski definition) is 0. The molecule has 2 aliphatic heterocycles. The molecule has 240 valence electrons. The van der Waals surface area contributed by atoms with Gasteiger partial charge in [-0.3, -0.25) is 9.59 Å². The zero-order valence-corrected chi connectivity index (χ0v) is 28.0. The second kappa shape index (κ2) is 12.4. The Kier molecular flexibility index (Phi) is 8.12. The Morgan fingerprint density at radius 1 is 0.479 bits per heavy atom. The van der Waals surface area contributed by atoms with E-state index < -0.39 is 10.8 Å². The van der Waals surface area contributed by atoms with E-state index in [2.05, 4.69) is 62.4 Å². The summed E-state index contributed by atoms with van der Waals surface area (Å²) in [5, 5.41) is 0. The lowest BCUT2D eigenvalue weighted by Gasteiger charge is -2.32. The minimum atomic E-state index is -0.666. The quantitative estimate of drug-likeness (QED) is 0.225. The average Bonchev–Trinajstić information content (AvgIpc) is 3.75. The van der Waals surface area contributed by atoms with Gasteiger partial charge in [-0.1, -0.05) is 120 Å². The second-order valence-electron chi connectivity index (χ2n) is 13.3. The molecule has 8 rings (SSSR count). The van der Waals surface area contributed by atoms with Crippen LogP contribution in [0.5, 0.6) is 0 Å². The van der Waals surface area contributed by atoms with Crippen LogP contribution in [0.2, 0.25) is 0 Å². The van der Waals surface area contributed by atoms with Crippen molar-refractivity contribution >= 4 is 22.7 Å². The number of ether oxygens (including phenoxy) is 2. The Hall–Kier alpha value is -5.22. The van der Waals surface area contributed by atoms with E-state index >= 15 is 0 Å². The van der Waals surface area contributed by atoms with Crippen LogP contribution in [-0.4, -0.2) is 24.8 Å². The number of ketones is 2. The number of benzene rings is 4. The molecule has 2 atom stereocenters. The molecule has 0 saturated carbocycles. The van der Waals surface area contributed by atoms with Crippen molar-refractivity contribution in [3.8, 4) is 0 Å². The van der Waals surface area contributed by atoms with Crippen LogP contribution in [-0.2, 0) is 29.9 Å². The van der Waals surface area contributed by atoms with Gasteiger partial charge in [-0.2, -0.15) is 0 Å². The minimum Gasteiger partial charge on any atom is -0.496 e. The molecule has 2 saturated heterocycles. The van der Waals surface area contributed by atoms with E-state index in [4.69, 9.17) is 9.47 Å². The van der Waals surface area contributed by atoms with E-state index in [1.165, 1.54) is 11.1 Å². The Labute approximate surface area is 283 Å². The fourth-order valence-electron chi connectivity index (χ4n) is 7.71. The maximum absolute atomic E-state index is 13.0. The molecule has 0 aromatic heterocycles. The molecule has 0 bridgehead atoms. The lowest BCUT2D eigenvalue weighted by Crippen LogP contribution is -2.37. The molecule has 48 heavy (non-hydrogen) atoms. The Morgan fingerprint density at radius 3 is 1.19 bits per heavy atom. The third-order valence-corrected chi connectivity index (χ3v) is 10.2. The zero-order valence-electron chi connectivity index (χ0n) is 28.0. The number of aryl methyl sites for hydroxylation is 2. The van der Waals surface area contributed by atoms with E-state index in [1.807, 2.05) is 74.5 Å². The largest absolute Gasteiger partial charge is 0.496 e. The van der Waals surface area contributed by atoms with Gasteiger partial charge in [0.2, 0.25) is 0 Å². The molecule has 4 aromatic carbocycles. The van der Waals surface area contributed by atoms with Crippen LogP contribution < -0.4 is 0 Å². The molecule has 2 heterocycles. The van der Waals surface area contributed by atoms with Gasteiger partial charge in [0.25, 0.3) is 0 Å². The van der Waals surface area contributed by atoms with E-state index in [-0.39, 0.29) is 11.6 Å². The van der Waals surface area contributed by atoms with Gasteiger partial charge in [-0.05, 0) is 73.2 Å². The fraction of sp³-hybridized carbons (Fsp3) is 0.227. The molecular weight excluding hydrogens is 592 g/mol. The summed E-state index contributed by atoms with van der Waals surface area (Å²) in [5.74, 6) is 1.91. The van der Waals surface area contributed by atoms with Crippen LogP contribution in [0.1, 0.15) is 60.1 Å². The molecule has 0 radical (unpaired) electrons. The van der Waals surface area contributed by atoms with Gasteiger partial charge < -0.3 is 9.47 Å². The summed E-state index contributed by atoms with van der Waals surface area (Å²) < 4.78 is 12.1. The van der Waals surface area contributed by atoms with Gasteiger partial charge >= 0.3 is 0 Å². The summed E-state index contributed by atoms with van der Waals surface area (Å²) in [4.78, 5) is 26.1. The number of carbonyl (C=O) groups excluding carboxylic acids is 2. The van der Waals surface area contributed by atoms with Crippen LogP contribution in [0, 0.1) is 13.8 Å². The third-order valence-electron chi connectivity index (χ3n) is 10.2. The highest BCUT2D eigenvalue weighted by Gasteiger charge is 2.52. The van der Waals surface area contributed by atoms with Gasteiger partial charge in [0.05, 0.1) is 13.2 Å². The average molecular weight is 633 g/mol. The maximum Gasteiger partial charge on any atom is 0.174 e. The summed E-state index contributed by atoms with van der Waals surface area (Å²) in [6.07, 6.45) is 4.98. The molecule has 4 nitrogen and oxygen atoms in total. The molecule has 4 heteroatoms. The topological polar surface area (TPSA) is 52.6 Å². The minimum absolute atomic E-state index is 0.134. The van der Waals surface area contributed by atoms with Crippen LogP contribution in [0.4, 0.5) is 0 Å². The number of hydrogen-bond acceptors (Lipinski definition) is 4. The van der Waals surface area contributed by atoms with Crippen molar-refractivity contribution in [2.75, 3.05) is 13.2 Å². The highest BCUT2D eigenvalue weighted by molar-refractivity contribution is 6.10. The summed E-state index contributed by atoms with van der Waals surface area (Å²) in [7, 11) is 0. The first-order chi connectivity index (χ1) is 23.3. The van der Waals surface area contributed by atoms with Crippen LogP contribution >= 0.6 is 0 Å². The molecule has 4 aliphatic rings. The molecular formula is C44H40O4. The highest BCUT2D eigenvalue weighted by Crippen LogP contribution is 2.51. The SMILES string of the molecule is CC1=CC(=O)[C@]2(c3ccccc3)CCOC2=C1c1ccc(C)cc1.CC1=CC(=O)[C@]2(c3ccccc3)CCOC2=C1c1ccc(C)cc1. The number of fused-ring (bicyclic) bond motifs is 2. The third kappa shape index (κ3) is 5.07. The zero-order chi connectivity index (χ0) is 33.5. The van der Waals surface area contributed by atoms with Crippen molar-refractivity contribution in [2.45, 2.75) is 51.4 Å². The summed E-state index contributed by atoms with van der Waals surface area (Å²) in [6, 6.07) is 36.9. The summed E-state index contributed by atoms with van der Waals surface area (Å²) in [5.41, 5.74) is 9.47. The van der Waals surface area contributed by atoms with Gasteiger partial charge in [-0.15, -0.1) is 0 Å². The Bertz CT molecular complexity index is 1860. The molecule has 0 N–H and O–H groups in total. The number of allylic oxidation sites excluding steroid dienone is 8. The highest BCUT2D eigenvalue weighted by atomic mass is 16.5. The van der Waals surface area contributed by atoms with E-state index in [0.29, 0.717) is 26.1 Å². The molecule has 0 unspecified atom stereocenters. The van der Waals surface area contributed by atoms with Crippen molar-refractivity contribution < 1.29 is 19.1 Å². The van der Waals surface area contributed by atoms with Crippen molar-refractivity contribution in [2.24, 2.45) is 0 Å². The van der Waals surface area contributed by atoms with Crippen molar-refractivity contribution in [3.63, 3.8) is 0 Å². The first-order valence-corrected chi connectivity index (χ1v) is 16.7. The lowest BCUT2D eigenvalue weighted by atomic mass is 9.68. The summed E-state index contributed by atoms with van der Waals surface area (Å²) in [6.45, 7) is 9.30. The van der Waals surface area contributed by atoms with Crippen molar-refractivity contribution in [3.05, 3.63) is 177 Å². The first kappa shape index (κ1) is 31.4. The molecule has 0 spiro atoms. The van der Waals surface area contributed by atoms with Crippen molar-refractivity contribution in [1.82, 2.24) is 0 Å². The van der Waals surface area contributed by atoms with Gasteiger partial charge in [0.1, 0.15) is 22.3 Å². The van der Waals surface area contributed by atoms with E-state index in [9.17, 15) is 9.59 Å². The second-order valence-corrected chi connectivity index (χ2v) is 13.3. The van der Waals surface area contributed by atoms with Gasteiger partial charge in [0, 0.05) is 24.0 Å². The molecule has 2 aliphatic carbocycles. The maximum atomic E-state index is 13.0. The summed E-state index contributed by atoms with van der Waals surface area (Å²) >= 11 is 0. The van der Waals surface area contributed by atoms with Gasteiger partial charge in [-0.25, -0.2) is 0 Å². The fourth-order valence-corrected chi connectivity index (χ4v) is 7.71. The number of carbonyl (C=O) groups is 2. The number of rotatable bonds is 4. The van der Waals surface area contributed by atoms with Crippen LogP contribution in [0.25, 0.3) is 11.1 Å². The normalized spacial score (nSPS) is 22.9. The lowest BCUT2D eigenvalue weighted by molar-refractivity contribution is -0.119. The Balaban J connectivity index is 0.000000152. The standard InChI is InChI=1S/2C22H20O2/c2*1-15-8-10-17(11-9-15)20-16(2)14-19(23)22(12-13-24-21(20)22)18-6-4-3-5-7-18/h2*3-11,14H,12-13H2,1-2H3/t2*22-/m11/s1. The predicted octanol–water partition coefficient (Wildman–Crippen LogP) is 9.19. The van der Waals surface area contributed by atoms with Crippen LogP contribution in [0.3, 0.4) is 0 Å². The molecule has 4 aromatic rings.